The zero-order valence-corrected chi connectivity index (χ0v) is 11.2. The van der Waals surface area contributed by atoms with E-state index < -0.39 is 22.1 Å². The van der Waals surface area contributed by atoms with Gasteiger partial charge in [0.1, 0.15) is 0 Å². The minimum Gasteiger partial charge on any atom is -0.478 e. The van der Waals surface area contributed by atoms with E-state index >= 15 is 0 Å². The lowest BCUT2D eigenvalue weighted by atomic mass is 10.1. The Morgan fingerprint density at radius 1 is 1.26 bits per heavy atom. The summed E-state index contributed by atoms with van der Waals surface area (Å²) in [5.74, 6) is -2.51. The van der Waals surface area contributed by atoms with Gasteiger partial charge in [0, 0.05) is 17.7 Å². The maximum atomic E-state index is 10.2. The molecule has 0 spiro atoms. The lowest BCUT2D eigenvalue weighted by molar-refractivity contribution is -0.133. The summed E-state index contributed by atoms with van der Waals surface area (Å²) in [6, 6.07) is 0. The molecule has 0 aliphatic carbocycles. The monoisotopic (exact) mass is 295 g/mol. The molecule has 0 unspecified atom stereocenters. The van der Waals surface area contributed by atoms with Crippen molar-refractivity contribution in [3.8, 4) is 0 Å². The summed E-state index contributed by atoms with van der Waals surface area (Å²) in [7, 11) is -3.80. The lowest BCUT2D eigenvalue weighted by Gasteiger charge is -1.94. The zero-order valence-electron chi connectivity index (χ0n) is 10.4. The standard InChI is InChI=1S/C8H10O4.C2H7NO3S/c1-5(7(9)10)3-4-6(2)8(11)12;3-1-2-7(4,5)6/h4H,1,3H2,2H3,(H,9,10)(H,11,12);1-3H2,(H,4,5,6). The van der Waals surface area contributed by atoms with Gasteiger partial charge < -0.3 is 15.9 Å². The predicted octanol–water partition coefficient (Wildman–Crippen LogP) is -0.119. The fourth-order valence-corrected chi connectivity index (χ4v) is 0.898. The van der Waals surface area contributed by atoms with Crippen molar-refractivity contribution in [2.75, 3.05) is 12.3 Å². The summed E-state index contributed by atoms with van der Waals surface area (Å²) in [5, 5.41) is 16.7. The molecule has 0 saturated heterocycles. The topological polar surface area (TPSA) is 155 Å². The summed E-state index contributed by atoms with van der Waals surface area (Å²) in [6.07, 6.45) is 1.38. The van der Waals surface area contributed by atoms with Gasteiger partial charge in [0.2, 0.25) is 0 Å². The van der Waals surface area contributed by atoms with Gasteiger partial charge in [0.15, 0.2) is 0 Å². The highest BCUT2D eigenvalue weighted by atomic mass is 32.2. The molecule has 0 aromatic heterocycles. The molecule has 0 bridgehead atoms. The van der Waals surface area contributed by atoms with Gasteiger partial charge in [-0.2, -0.15) is 8.42 Å². The molecule has 0 rings (SSSR count). The van der Waals surface area contributed by atoms with Crippen LogP contribution >= 0.6 is 0 Å². The molecule has 9 heteroatoms. The average molecular weight is 295 g/mol. The summed E-state index contributed by atoms with van der Waals surface area (Å²) in [4.78, 5) is 20.4. The molecule has 0 aromatic carbocycles. The molecule has 0 aromatic rings. The molecule has 8 nitrogen and oxygen atoms in total. The predicted molar refractivity (Wildman–Crippen MR) is 68.3 cm³/mol. The first-order chi connectivity index (χ1) is 8.51. The molecule has 0 amide bonds. The van der Waals surface area contributed by atoms with Gasteiger partial charge >= 0.3 is 11.9 Å². The minimum atomic E-state index is -3.80. The molecule has 5 N–H and O–H groups in total. The van der Waals surface area contributed by atoms with Crippen LogP contribution < -0.4 is 5.73 Å². The van der Waals surface area contributed by atoms with E-state index in [-0.39, 0.29) is 29.9 Å². The Kier molecular flexibility index (Phi) is 9.56. The van der Waals surface area contributed by atoms with Crippen LogP contribution in [0.3, 0.4) is 0 Å². The van der Waals surface area contributed by atoms with E-state index in [1.54, 1.807) is 0 Å². The lowest BCUT2D eigenvalue weighted by Crippen LogP contribution is -2.13. The van der Waals surface area contributed by atoms with Crippen molar-refractivity contribution in [2.45, 2.75) is 13.3 Å². The highest BCUT2D eigenvalue weighted by Gasteiger charge is 2.03. The third-order valence-corrected chi connectivity index (χ3v) is 2.42. The minimum absolute atomic E-state index is 0.0180. The highest BCUT2D eigenvalue weighted by Crippen LogP contribution is 2.02. The molecule has 0 aliphatic rings. The third-order valence-electron chi connectivity index (χ3n) is 1.67. The van der Waals surface area contributed by atoms with E-state index in [1.165, 1.54) is 13.0 Å². The normalized spacial score (nSPS) is 11.2. The number of carboxylic acid groups (broad SMARTS) is 2. The second-order valence-corrected chi connectivity index (χ2v) is 4.95. The molecule has 0 fully saturated rings. The maximum absolute atomic E-state index is 10.2. The van der Waals surface area contributed by atoms with Crippen LogP contribution in [-0.4, -0.2) is 47.4 Å². The van der Waals surface area contributed by atoms with Crippen LogP contribution in [0.15, 0.2) is 23.8 Å². The number of rotatable bonds is 6. The largest absolute Gasteiger partial charge is 0.478 e. The summed E-state index contributed by atoms with van der Waals surface area (Å²) < 4.78 is 27.3. The number of carboxylic acids is 2. The number of allylic oxidation sites excluding steroid dienone is 1. The second kappa shape index (κ2) is 9.25. The van der Waals surface area contributed by atoms with Crippen molar-refractivity contribution >= 4 is 22.1 Å². The number of aliphatic carboxylic acids is 2. The van der Waals surface area contributed by atoms with Gasteiger partial charge in [0.05, 0.1) is 5.75 Å². The molecule has 0 saturated carbocycles. The van der Waals surface area contributed by atoms with E-state index in [0.29, 0.717) is 0 Å². The Hall–Kier alpha value is -1.71. The van der Waals surface area contributed by atoms with E-state index in [9.17, 15) is 18.0 Å². The zero-order chi connectivity index (χ0) is 15.6. The Bertz CT molecular complexity index is 464. The van der Waals surface area contributed by atoms with Gasteiger partial charge in [-0.05, 0) is 13.3 Å². The molecular weight excluding hydrogens is 278 g/mol. The van der Waals surface area contributed by atoms with E-state index in [4.69, 9.17) is 20.5 Å². The Balaban J connectivity index is 0. The van der Waals surface area contributed by atoms with Gasteiger partial charge in [-0.15, -0.1) is 0 Å². The fraction of sp³-hybridized carbons (Fsp3) is 0.400. The Labute approximate surface area is 111 Å². The average Bonchev–Trinajstić information content (AvgIpc) is 2.24. The van der Waals surface area contributed by atoms with Gasteiger partial charge in [-0.25, -0.2) is 9.59 Å². The van der Waals surface area contributed by atoms with Crippen molar-refractivity contribution in [3.63, 3.8) is 0 Å². The maximum Gasteiger partial charge on any atom is 0.331 e. The van der Waals surface area contributed by atoms with Crippen molar-refractivity contribution < 1.29 is 32.8 Å². The van der Waals surface area contributed by atoms with Crippen LogP contribution in [-0.2, 0) is 19.7 Å². The van der Waals surface area contributed by atoms with Crippen LogP contribution in [0.1, 0.15) is 13.3 Å². The first-order valence-electron chi connectivity index (χ1n) is 4.97. The van der Waals surface area contributed by atoms with Crippen LogP contribution in [0.4, 0.5) is 0 Å². The Morgan fingerprint density at radius 2 is 1.74 bits per heavy atom. The van der Waals surface area contributed by atoms with Crippen LogP contribution in [0, 0.1) is 0 Å². The number of hydrogen-bond donors (Lipinski definition) is 4. The molecule has 110 valence electrons. The van der Waals surface area contributed by atoms with Crippen molar-refractivity contribution in [1.29, 1.82) is 0 Å². The fourth-order valence-electron chi connectivity index (χ4n) is 0.600. The summed E-state index contributed by atoms with van der Waals surface area (Å²) >= 11 is 0. The van der Waals surface area contributed by atoms with Gasteiger partial charge in [-0.3, -0.25) is 4.55 Å². The first kappa shape index (κ1) is 19.6. The van der Waals surface area contributed by atoms with Crippen molar-refractivity contribution in [1.82, 2.24) is 0 Å². The summed E-state index contributed by atoms with van der Waals surface area (Å²) in [5.41, 5.74) is 4.88. The van der Waals surface area contributed by atoms with Crippen LogP contribution in [0.2, 0.25) is 0 Å². The van der Waals surface area contributed by atoms with Crippen molar-refractivity contribution in [3.05, 3.63) is 23.8 Å². The first-order valence-corrected chi connectivity index (χ1v) is 6.58. The van der Waals surface area contributed by atoms with Crippen LogP contribution in [0.5, 0.6) is 0 Å². The number of nitrogens with two attached hydrogens (primary N) is 1. The molecular formula is C10H17NO7S. The molecule has 0 aliphatic heterocycles. The molecule has 19 heavy (non-hydrogen) atoms. The number of carbonyl (C=O) groups is 2. The molecule has 0 radical (unpaired) electrons. The Morgan fingerprint density at radius 3 is 1.95 bits per heavy atom. The quantitative estimate of drug-likeness (QED) is 0.390. The number of hydrogen-bond acceptors (Lipinski definition) is 5. The van der Waals surface area contributed by atoms with Gasteiger partial charge in [0.25, 0.3) is 10.1 Å². The highest BCUT2D eigenvalue weighted by molar-refractivity contribution is 7.85. The van der Waals surface area contributed by atoms with E-state index in [1.807, 2.05) is 0 Å². The van der Waals surface area contributed by atoms with Crippen molar-refractivity contribution in [2.24, 2.45) is 5.73 Å². The smallest absolute Gasteiger partial charge is 0.331 e. The van der Waals surface area contributed by atoms with Crippen LogP contribution in [0.25, 0.3) is 0 Å². The molecule has 0 atom stereocenters. The molecule has 0 heterocycles. The SMILES string of the molecule is C=C(CC=C(C)C(=O)O)C(=O)O.NCCS(=O)(=O)O. The van der Waals surface area contributed by atoms with E-state index in [2.05, 4.69) is 6.58 Å². The third kappa shape index (κ3) is 14.2. The summed E-state index contributed by atoms with van der Waals surface area (Å²) in [6.45, 7) is 4.62. The van der Waals surface area contributed by atoms with Gasteiger partial charge in [-0.1, -0.05) is 12.7 Å². The second-order valence-electron chi connectivity index (χ2n) is 3.38. The van der Waals surface area contributed by atoms with E-state index in [0.717, 1.165) is 0 Å².